The van der Waals surface area contributed by atoms with E-state index in [2.05, 4.69) is 33.5 Å². The summed E-state index contributed by atoms with van der Waals surface area (Å²) in [4.78, 5) is 6.47. The van der Waals surface area contributed by atoms with Crippen molar-refractivity contribution in [2.24, 2.45) is 0 Å². The molecule has 5 nitrogen and oxygen atoms in total. The van der Waals surface area contributed by atoms with Gasteiger partial charge in [-0.05, 0) is 26.8 Å². The van der Waals surface area contributed by atoms with Gasteiger partial charge in [0, 0.05) is 30.2 Å². The van der Waals surface area contributed by atoms with E-state index in [0.29, 0.717) is 12.0 Å². The second-order valence-electron chi connectivity index (χ2n) is 4.08. The van der Waals surface area contributed by atoms with E-state index in [9.17, 15) is 0 Å². The number of aromatic nitrogens is 2. The smallest absolute Gasteiger partial charge is 0.233 e. The van der Waals surface area contributed by atoms with Crippen LogP contribution < -0.4 is 11.1 Å². The molecular weight excluding hydrogens is 210 g/mol. The zero-order valence-electron chi connectivity index (χ0n) is 9.10. The quantitative estimate of drug-likeness (QED) is 0.786. The van der Waals surface area contributed by atoms with Gasteiger partial charge in [-0.1, -0.05) is 0 Å². The molecule has 0 aromatic carbocycles. The molecule has 1 aromatic heterocycles. The van der Waals surface area contributed by atoms with E-state index in [1.807, 2.05) is 0 Å². The monoisotopic (exact) mass is 227 g/mol. The van der Waals surface area contributed by atoms with E-state index in [1.165, 1.54) is 24.4 Å². The fourth-order valence-electron chi connectivity index (χ4n) is 1.53. The van der Waals surface area contributed by atoms with Gasteiger partial charge in [-0.2, -0.15) is 9.36 Å². The van der Waals surface area contributed by atoms with Crippen LogP contribution in [0.2, 0.25) is 0 Å². The van der Waals surface area contributed by atoms with Gasteiger partial charge in [0.25, 0.3) is 0 Å². The van der Waals surface area contributed by atoms with Crippen molar-refractivity contribution in [2.75, 3.05) is 24.6 Å². The maximum atomic E-state index is 5.44. The second-order valence-corrected chi connectivity index (χ2v) is 4.84. The van der Waals surface area contributed by atoms with E-state index >= 15 is 0 Å². The van der Waals surface area contributed by atoms with E-state index in [-0.39, 0.29) is 0 Å². The van der Waals surface area contributed by atoms with Crippen LogP contribution in [0.1, 0.15) is 19.8 Å². The average molecular weight is 227 g/mol. The van der Waals surface area contributed by atoms with Crippen molar-refractivity contribution in [3.8, 4) is 0 Å². The summed E-state index contributed by atoms with van der Waals surface area (Å²) < 4.78 is 3.92. The molecule has 0 radical (unpaired) electrons. The molecule has 6 heteroatoms. The van der Waals surface area contributed by atoms with Gasteiger partial charge in [0.15, 0.2) is 0 Å². The lowest BCUT2D eigenvalue weighted by Crippen LogP contribution is -2.36. The molecular formula is C9H17N5S. The van der Waals surface area contributed by atoms with Crippen molar-refractivity contribution in [3.05, 3.63) is 0 Å². The molecule has 15 heavy (non-hydrogen) atoms. The molecule has 1 heterocycles. The normalized spacial score (nSPS) is 18.1. The Labute approximate surface area is 93.9 Å². The van der Waals surface area contributed by atoms with Crippen molar-refractivity contribution in [1.82, 2.24) is 14.3 Å². The Hall–Kier alpha value is -0.880. The fraction of sp³-hybridized carbons (Fsp3) is 0.778. The van der Waals surface area contributed by atoms with Crippen LogP contribution >= 0.6 is 11.5 Å². The molecule has 0 amide bonds. The van der Waals surface area contributed by atoms with Crippen molar-refractivity contribution in [3.63, 3.8) is 0 Å². The highest BCUT2D eigenvalue weighted by Crippen LogP contribution is 2.27. The lowest BCUT2D eigenvalue weighted by Gasteiger charge is -2.24. The molecule has 2 rings (SSSR count). The summed E-state index contributed by atoms with van der Waals surface area (Å²) in [5, 5.41) is 4.06. The third kappa shape index (κ3) is 2.79. The molecule has 1 unspecified atom stereocenters. The summed E-state index contributed by atoms with van der Waals surface area (Å²) in [7, 11) is 2.18. The molecule has 1 saturated carbocycles. The Morgan fingerprint density at radius 2 is 2.40 bits per heavy atom. The van der Waals surface area contributed by atoms with Crippen LogP contribution in [0.15, 0.2) is 0 Å². The van der Waals surface area contributed by atoms with E-state index < -0.39 is 0 Å². The van der Waals surface area contributed by atoms with Crippen molar-refractivity contribution in [2.45, 2.75) is 31.8 Å². The average Bonchev–Trinajstić information content (AvgIpc) is 2.98. The summed E-state index contributed by atoms with van der Waals surface area (Å²) in [6.07, 6.45) is 2.68. The first-order valence-electron chi connectivity index (χ1n) is 5.22. The van der Waals surface area contributed by atoms with Crippen LogP contribution in [-0.2, 0) is 0 Å². The molecule has 1 atom stereocenters. The molecule has 1 aromatic rings. The minimum atomic E-state index is 0.353. The van der Waals surface area contributed by atoms with Crippen molar-refractivity contribution in [1.29, 1.82) is 0 Å². The topological polar surface area (TPSA) is 67.1 Å². The van der Waals surface area contributed by atoms with Gasteiger partial charge in [-0.3, -0.25) is 4.90 Å². The molecule has 0 spiro atoms. The van der Waals surface area contributed by atoms with Crippen LogP contribution in [0.3, 0.4) is 0 Å². The Morgan fingerprint density at radius 1 is 1.67 bits per heavy atom. The number of nitrogens with one attached hydrogen (secondary N) is 1. The number of rotatable bonds is 5. The lowest BCUT2D eigenvalue weighted by molar-refractivity contribution is 0.257. The van der Waals surface area contributed by atoms with Crippen LogP contribution in [0.25, 0.3) is 0 Å². The highest BCUT2D eigenvalue weighted by atomic mass is 32.1. The molecule has 0 saturated heterocycles. The summed E-state index contributed by atoms with van der Waals surface area (Å²) in [6.45, 7) is 3.11. The predicted molar refractivity (Wildman–Crippen MR) is 63.1 cm³/mol. The van der Waals surface area contributed by atoms with Gasteiger partial charge in [-0.25, -0.2) is 0 Å². The standard InChI is InChI=1S/C9H17N5S/c1-6(14(2)7-3-4-7)5-11-9-12-8(10)13-15-9/h6-7H,3-5H2,1-2H3,(H3,10,11,12,13). The van der Waals surface area contributed by atoms with Crippen LogP contribution in [0.4, 0.5) is 11.1 Å². The van der Waals surface area contributed by atoms with Gasteiger partial charge in [0.05, 0.1) is 0 Å². The highest BCUT2D eigenvalue weighted by molar-refractivity contribution is 7.09. The van der Waals surface area contributed by atoms with Gasteiger partial charge < -0.3 is 11.1 Å². The minimum absolute atomic E-state index is 0.353. The molecule has 0 aliphatic heterocycles. The second kappa shape index (κ2) is 4.32. The molecule has 1 aliphatic carbocycles. The van der Waals surface area contributed by atoms with Crippen molar-refractivity contribution < 1.29 is 0 Å². The van der Waals surface area contributed by atoms with Crippen molar-refractivity contribution >= 4 is 22.6 Å². The minimum Gasteiger partial charge on any atom is -0.367 e. The summed E-state index contributed by atoms with van der Waals surface area (Å²) in [5.74, 6) is 0.353. The number of likely N-dealkylation sites (N-methyl/N-ethyl adjacent to an activating group) is 1. The number of hydrogen-bond acceptors (Lipinski definition) is 6. The van der Waals surface area contributed by atoms with Crippen LogP contribution in [0.5, 0.6) is 0 Å². The Kier molecular flexibility index (Phi) is 3.06. The number of nitrogens with two attached hydrogens (primary N) is 1. The van der Waals surface area contributed by atoms with E-state index in [0.717, 1.165) is 17.7 Å². The Bertz CT molecular complexity index is 322. The zero-order chi connectivity index (χ0) is 10.8. The molecule has 0 bridgehead atoms. The SMILES string of the molecule is CC(CNc1nc(N)ns1)N(C)C1CC1. The molecule has 1 fully saturated rings. The number of nitrogens with zero attached hydrogens (tertiary/aromatic N) is 3. The Morgan fingerprint density at radius 3 is 2.93 bits per heavy atom. The predicted octanol–water partition coefficient (Wildman–Crippen LogP) is 1.01. The molecule has 1 aliphatic rings. The summed E-state index contributed by atoms with van der Waals surface area (Å²) in [6, 6.07) is 1.31. The summed E-state index contributed by atoms with van der Waals surface area (Å²) >= 11 is 1.31. The fourth-order valence-corrected chi connectivity index (χ4v) is 2.03. The number of hydrogen-bond donors (Lipinski definition) is 2. The maximum Gasteiger partial charge on any atom is 0.233 e. The Balaban J connectivity index is 1.77. The van der Waals surface area contributed by atoms with E-state index in [1.54, 1.807) is 0 Å². The zero-order valence-corrected chi connectivity index (χ0v) is 9.92. The maximum absolute atomic E-state index is 5.44. The van der Waals surface area contributed by atoms with Gasteiger partial charge in [0.1, 0.15) is 0 Å². The van der Waals surface area contributed by atoms with Gasteiger partial charge in [-0.15, -0.1) is 0 Å². The van der Waals surface area contributed by atoms with Crippen LogP contribution in [-0.4, -0.2) is 39.9 Å². The first kappa shape index (κ1) is 10.6. The number of anilines is 2. The largest absolute Gasteiger partial charge is 0.367 e. The highest BCUT2D eigenvalue weighted by Gasteiger charge is 2.28. The van der Waals surface area contributed by atoms with Gasteiger partial charge >= 0.3 is 0 Å². The third-order valence-electron chi connectivity index (χ3n) is 2.81. The van der Waals surface area contributed by atoms with E-state index in [4.69, 9.17) is 5.73 Å². The number of nitrogen functional groups attached to an aromatic ring is 1. The first-order chi connectivity index (χ1) is 7.16. The summed E-state index contributed by atoms with van der Waals surface area (Å²) in [5.41, 5.74) is 5.44. The van der Waals surface area contributed by atoms with Crippen LogP contribution in [0, 0.1) is 0 Å². The molecule has 3 N–H and O–H groups in total. The lowest BCUT2D eigenvalue weighted by atomic mass is 10.3. The van der Waals surface area contributed by atoms with Gasteiger partial charge in [0.2, 0.25) is 11.1 Å². The first-order valence-corrected chi connectivity index (χ1v) is 5.99. The third-order valence-corrected chi connectivity index (χ3v) is 3.50. The molecule has 84 valence electrons.